The van der Waals surface area contributed by atoms with E-state index >= 15 is 0 Å². The minimum Gasteiger partial charge on any atom is -0.370 e. The number of benzene rings is 1. The predicted octanol–water partition coefficient (Wildman–Crippen LogP) is 3.86. The second kappa shape index (κ2) is 7.77. The third-order valence-electron chi connectivity index (χ3n) is 4.36. The van der Waals surface area contributed by atoms with E-state index in [0.29, 0.717) is 12.5 Å². The summed E-state index contributed by atoms with van der Waals surface area (Å²) in [5, 5.41) is 3.16. The van der Waals surface area contributed by atoms with Crippen molar-refractivity contribution in [3.63, 3.8) is 0 Å². The zero-order valence-electron chi connectivity index (χ0n) is 13.3. The maximum Gasteiger partial charge on any atom is 0.193 e. The number of aryl methyl sites for hydroxylation is 1. The van der Waals surface area contributed by atoms with Gasteiger partial charge in [-0.3, -0.25) is 9.98 Å². The molecule has 0 aliphatic heterocycles. The van der Waals surface area contributed by atoms with Crippen LogP contribution in [0.1, 0.15) is 30.5 Å². The molecule has 1 heterocycles. The van der Waals surface area contributed by atoms with E-state index < -0.39 is 0 Å². The Morgan fingerprint density at radius 3 is 2.70 bits per heavy atom. The van der Waals surface area contributed by atoms with Crippen molar-refractivity contribution in [3.05, 3.63) is 59.9 Å². The summed E-state index contributed by atoms with van der Waals surface area (Å²) in [6.45, 7) is 2.75. The Bertz CT molecular complexity index is 666. The van der Waals surface area contributed by atoms with Gasteiger partial charge in [-0.1, -0.05) is 24.6 Å². The lowest BCUT2D eigenvalue weighted by Crippen LogP contribution is -2.39. The molecule has 1 aromatic carbocycles. The van der Waals surface area contributed by atoms with Crippen molar-refractivity contribution in [2.75, 3.05) is 11.9 Å². The molecule has 0 bridgehead atoms. The molecule has 0 amide bonds. The molecule has 4 nitrogen and oxygen atoms in total. The summed E-state index contributed by atoms with van der Waals surface area (Å²) in [5.41, 5.74) is 9.41. The number of guanidine groups is 1. The number of nitrogens with one attached hydrogen (secondary N) is 1. The number of anilines is 1. The Morgan fingerprint density at radius 2 is 2.09 bits per heavy atom. The number of aromatic nitrogens is 1. The first-order valence-corrected chi connectivity index (χ1v) is 7.73. The van der Waals surface area contributed by atoms with Crippen LogP contribution in [0.5, 0.6) is 0 Å². The molecule has 1 aliphatic rings. The molecule has 0 radical (unpaired) electrons. The molecular formula is C18H23IN4. The molecule has 0 unspecified atom stereocenters. The van der Waals surface area contributed by atoms with E-state index in [-0.39, 0.29) is 29.4 Å². The Labute approximate surface area is 154 Å². The van der Waals surface area contributed by atoms with Crippen molar-refractivity contribution >= 4 is 35.6 Å². The lowest BCUT2D eigenvalue weighted by Gasteiger charge is -2.40. The number of hydrogen-bond acceptors (Lipinski definition) is 2. The first-order valence-electron chi connectivity index (χ1n) is 7.73. The van der Waals surface area contributed by atoms with Crippen molar-refractivity contribution < 1.29 is 0 Å². The third-order valence-corrected chi connectivity index (χ3v) is 4.36. The first-order chi connectivity index (χ1) is 10.7. The van der Waals surface area contributed by atoms with Gasteiger partial charge in [-0.25, -0.2) is 0 Å². The maximum absolute atomic E-state index is 6.04. The largest absolute Gasteiger partial charge is 0.370 e. The number of aliphatic imine (C=N–C) groups is 1. The zero-order chi connectivity index (χ0) is 15.4. The molecule has 2 aromatic rings. The molecule has 1 fully saturated rings. The van der Waals surface area contributed by atoms with Crippen molar-refractivity contribution in [3.8, 4) is 0 Å². The van der Waals surface area contributed by atoms with E-state index in [0.717, 1.165) is 24.2 Å². The van der Waals surface area contributed by atoms with Crippen LogP contribution in [0.15, 0.2) is 53.7 Å². The highest BCUT2D eigenvalue weighted by atomic mass is 127. The van der Waals surface area contributed by atoms with Crippen LogP contribution >= 0.6 is 24.0 Å². The van der Waals surface area contributed by atoms with Crippen LogP contribution in [0.4, 0.5) is 5.69 Å². The van der Waals surface area contributed by atoms with Gasteiger partial charge in [0.25, 0.3) is 0 Å². The summed E-state index contributed by atoms with van der Waals surface area (Å²) in [7, 11) is 0. The second-order valence-electron chi connectivity index (χ2n) is 6.04. The number of nitrogens with two attached hydrogens (primary N) is 1. The number of nitrogens with zero attached hydrogens (tertiary/aromatic N) is 2. The van der Waals surface area contributed by atoms with E-state index in [2.05, 4.69) is 40.4 Å². The lowest BCUT2D eigenvalue weighted by molar-refractivity contribution is 0.246. The highest BCUT2D eigenvalue weighted by molar-refractivity contribution is 14.0. The summed E-state index contributed by atoms with van der Waals surface area (Å²) in [6, 6.07) is 14.2. The van der Waals surface area contributed by atoms with Gasteiger partial charge < -0.3 is 11.1 Å². The molecule has 1 aliphatic carbocycles. The van der Waals surface area contributed by atoms with Gasteiger partial charge in [0.1, 0.15) is 0 Å². The topological polar surface area (TPSA) is 63.3 Å². The average molecular weight is 422 g/mol. The van der Waals surface area contributed by atoms with Crippen molar-refractivity contribution in [1.29, 1.82) is 0 Å². The van der Waals surface area contributed by atoms with Crippen LogP contribution < -0.4 is 11.1 Å². The van der Waals surface area contributed by atoms with Crippen molar-refractivity contribution in [2.24, 2.45) is 10.7 Å². The van der Waals surface area contributed by atoms with E-state index in [1.807, 2.05) is 30.5 Å². The Hall–Kier alpha value is -1.63. The van der Waals surface area contributed by atoms with Gasteiger partial charge in [0.2, 0.25) is 0 Å². The van der Waals surface area contributed by atoms with Gasteiger partial charge in [0, 0.05) is 23.0 Å². The maximum atomic E-state index is 6.04. The Balaban J connectivity index is 0.00000192. The number of pyridine rings is 1. The normalized spacial score (nSPS) is 16.1. The molecule has 3 N–H and O–H groups in total. The van der Waals surface area contributed by atoms with Crippen LogP contribution in [-0.2, 0) is 5.41 Å². The minimum absolute atomic E-state index is 0. The molecule has 122 valence electrons. The van der Waals surface area contributed by atoms with Gasteiger partial charge in [-0.15, -0.1) is 24.0 Å². The van der Waals surface area contributed by atoms with Gasteiger partial charge in [-0.2, -0.15) is 0 Å². The minimum atomic E-state index is 0. The number of hydrogen-bond donors (Lipinski definition) is 2. The summed E-state index contributed by atoms with van der Waals surface area (Å²) in [6.07, 6.45) is 5.35. The predicted molar refractivity (Wildman–Crippen MR) is 106 cm³/mol. The fraction of sp³-hybridized carbons (Fsp3) is 0.333. The number of rotatable bonds is 4. The molecule has 1 saturated carbocycles. The van der Waals surface area contributed by atoms with Gasteiger partial charge in [-0.05, 0) is 49.6 Å². The lowest BCUT2D eigenvalue weighted by atomic mass is 9.66. The molecule has 23 heavy (non-hydrogen) atoms. The molecule has 0 spiro atoms. The molecule has 0 saturated heterocycles. The van der Waals surface area contributed by atoms with Crippen LogP contribution in [0, 0.1) is 6.92 Å². The second-order valence-corrected chi connectivity index (χ2v) is 6.04. The van der Waals surface area contributed by atoms with Crippen LogP contribution in [-0.4, -0.2) is 17.5 Å². The van der Waals surface area contributed by atoms with Crippen molar-refractivity contribution in [1.82, 2.24) is 4.98 Å². The van der Waals surface area contributed by atoms with Crippen LogP contribution in [0.3, 0.4) is 0 Å². The monoisotopic (exact) mass is 422 g/mol. The van der Waals surface area contributed by atoms with E-state index in [4.69, 9.17) is 5.73 Å². The summed E-state index contributed by atoms with van der Waals surface area (Å²) in [5.74, 6) is 0.466. The smallest absolute Gasteiger partial charge is 0.193 e. The van der Waals surface area contributed by atoms with Gasteiger partial charge in [0.05, 0.1) is 6.54 Å². The fourth-order valence-electron chi connectivity index (χ4n) is 2.92. The summed E-state index contributed by atoms with van der Waals surface area (Å²) >= 11 is 0. The zero-order valence-corrected chi connectivity index (χ0v) is 15.7. The third kappa shape index (κ3) is 4.22. The summed E-state index contributed by atoms with van der Waals surface area (Å²) < 4.78 is 0. The fourth-order valence-corrected chi connectivity index (χ4v) is 2.92. The molecular weight excluding hydrogens is 399 g/mol. The molecule has 0 atom stereocenters. The van der Waals surface area contributed by atoms with Gasteiger partial charge in [0.15, 0.2) is 5.96 Å². The molecule has 1 aromatic heterocycles. The molecule has 3 rings (SSSR count). The highest BCUT2D eigenvalue weighted by Crippen LogP contribution is 2.42. The Kier molecular flexibility index (Phi) is 5.98. The van der Waals surface area contributed by atoms with Gasteiger partial charge >= 0.3 is 0 Å². The average Bonchev–Trinajstić information content (AvgIpc) is 2.47. The van der Waals surface area contributed by atoms with Crippen LogP contribution in [0.2, 0.25) is 0 Å². The quantitative estimate of drug-likeness (QED) is 0.447. The molecule has 5 heteroatoms. The first kappa shape index (κ1) is 17.7. The van der Waals surface area contributed by atoms with Crippen molar-refractivity contribution in [2.45, 2.75) is 31.6 Å². The standard InChI is InChI=1S/C18H22N4.HI/c1-14-6-4-7-15(12-14)22-17(19)21-13-18(9-5-10-18)16-8-2-3-11-20-16;/h2-4,6-8,11-12H,5,9-10,13H2,1H3,(H3,19,21,22);1H. The van der Waals surface area contributed by atoms with E-state index in [1.165, 1.54) is 12.0 Å². The number of halogens is 1. The van der Waals surface area contributed by atoms with E-state index in [9.17, 15) is 0 Å². The SMILES string of the molecule is Cc1cccc(NC(N)=NCC2(c3ccccn3)CCC2)c1.I. The summed E-state index contributed by atoms with van der Waals surface area (Å²) in [4.78, 5) is 9.08. The highest BCUT2D eigenvalue weighted by Gasteiger charge is 2.39. The Morgan fingerprint density at radius 1 is 1.26 bits per heavy atom. The van der Waals surface area contributed by atoms with E-state index in [1.54, 1.807) is 0 Å². The van der Waals surface area contributed by atoms with Crippen LogP contribution in [0.25, 0.3) is 0 Å².